The molecule has 3 rings (SSSR count). The van der Waals surface area contributed by atoms with Gasteiger partial charge in [0.15, 0.2) is 0 Å². The maximum absolute atomic E-state index is 9.52. The van der Waals surface area contributed by atoms with Gasteiger partial charge in [-0.2, -0.15) is 5.26 Å². The van der Waals surface area contributed by atoms with Crippen molar-refractivity contribution in [3.05, 3.63) is 57.5 Å². The van der Waals surface area contributed by atoms with Crippen LogP contribution in [0.25, 0.3) is 21.9 Å². The largest absolute Gasteiger partial charge is 0.492 e. The minimum Gasteiger partial charge on any atom is -0.492 e. The molecule has 24 heavy (non-hydrogen) atoms. The molecule has 0 saturated carbocycles. The van der Waals surface area contributed by atoms with Crippen molar-refractivity contribution >= 4 is 49.1 Å². The Morgan fingerprint density at radius 1 is 1.33 bits per heavy atom. The average molecular weight is 399 g/mol. The Bertz CT molecular complexity index is 907. The predicted molar refractivity (Wildman–Crippen MR) is 103 cm³/mol. The zero-order valence-electron chi connectivity index (χ0n) is 13.1. The molecule has 0 amide bonds. The summed E-state index contributed by atoms with van der Waals surface area (Å²) in [6, 6.07) is 16.0. The number of halogens is 1. The molecular formula is C19H15BrN2OS. The Hall–Kier alpha value is -2.16. The van der Waals surface area contributed by atoms with Crippen LogP contribution in [0, 0.1) is 11.3 Å². The van der Waals surface area contributed by atoms with Gasteiger partial charge < -0.3 is 4.74 Å². The molecule has 0 spiro atoms. The quantitative estimate of drug-likeness (QED) is 0.501. The number of ether oxygens (including phenoxy) is 1. The molecular weight excluding hydrogens is 384 g/mol. The van der Waals surface area contributed by atoms with E-state index in [1.54, 1.807) is 0 Å². The number of fused-ring (bicyclic) bond motifs is 1. The zero-order chi connectivity index (χ0) is 16.9. The minimum atomic E-state index is 0.560. The van der Waals surface area contributed by atoms with Gasteiger partial charge in [-0.1, -0.05) is 25.1 Å². The van der Waals surface area contributed by atoms with Crippen LogP contribution in [0.3, 0.4) is 0 Å². The van der Waals surface area contributed by atoms with Crippen molar-refractivity contribution in [2.75, 3.05) is 6.61 Å². The third-order valence-electron chi connectivity index (χ3n) is 3.37. The molecule has 0 fully saturated rings. The molecule has 0 bridgehead atoms. The third kappa shape index (κ3) is 3.66. The Morgan fingerprint density at radius 3 is 2.88 bits per heavy atom. The minimum absolute atomic E-state index is 0.560. The molecule has 1 aromatic heterocycles. The smallest absolute Gasteiger partial charge is 0.135 e. The topological polar surface area (TPSA) is 45.9 Å². The molecule has 0 aliphatic rings. The van der Waals surface area contributed by atoms with E-state index in [9.17, 15) is 5.26 Å². The van der Waals surface area contributed by atoms with Gasteiger partial charge in [0.25, 0.3) is 0 Å². The first kappa shape index (κ1) is 16.7. The van der Waals surface area contributed by atoms with E-state index in [2.05, 4.69) is 33.9 Å². The van der Waals surface area contributed by atoms with Gasteiger partial charge in [-0.25, -0.2) is 4.98 Å². The lowest BCUT2D eigenvalue weighted by molar-refractivity contribution is 0.315. The Labute approximate surface area is 153 Å². The summed E-state index contributed by atoms with van der Waals surface area (Å²) in [5.41, 5.74) is 2.41. The lowest BCUT2D eigenvalue weighted by atomic mass is 10.1. The number of benzene rings is 2. The van der Waals surface area contributed by atoms with Gasteiger partial charge in [-0.3, -0.25) is 0 Å². The summed E-state index contributed by atoms with van der Waals surface area (Å²) in [5.74, 6) is 0.812. The number of hydrogen-bond acceptors (Lipinski definition) is 4. The highest BCUT2D eigenvalue weighted by Gasteiger charge is 2.09. The molecule has 2 aromatic carbocycles. The Kier molecular flexibility index (Phi) is 5.29. The first-order valence-electron chi connectivity index (χ1n) is 7.61. The van der Waals surface area contributed by atoms with E-state index in [1.807, 2.05) is 48.5 Å². The lowest BCUT2D eigenvalue weighted by Gasteiger charge is -2.07. The fraction of sp³-hybridized carbons (Fsp3) is 0.158. The van der Waals surface area contributed by atoms with Crippen LogP contribution in [0.5, 0.6) is 5.75 Å². The predicted octanol–water partition coefficient (Wildman–Crippen LogP) is 5.91. The number of hydrogen-bond donors (Lipinski definition) is 0. The molecule has 0 aliphatic carbocycles. The maximum Gasteiger partial charge on any atom is 0.135 e. The van der Waals surface area contributed by atoms with E-state index in [1.165, 1.54) is 11.3 Å². The first-order valence-corrected chi connectivity index (χ1v) is 9.22. The normalized spacial score (nSPS) is 11.5. The number of para-hydroxylation sites is 1. The molecule has 0 unspecified atom stereocenters. The summed E-state index contributed by atoms with van der Waals surface area (Å²) in [6.07, 6.45) is 2.82. The van der Waals surface area contributed by atoms with Gasteiger partial charge in [-0.05, 0) is 58.3 Å². The molecule has 5 heteroatoms. The molecule has 0 radical (unpaired) electrons. The number of nitriles is 1. The van der Waals surface area contributed by atoms with Crippen LogP contribution >= 0.6 is 27.3 Å². The molecule has 120 valence electrons. The second-order valence-corrected chi connectivity index (χ2v) is 7.08. The van der Waals surface area contributed by atoms with E-state index in [4.69, 9.17) is 4.74 Å². The van der Waals surface area contributed by atoms with Crippen LogP contribution in [-0.2, 0) is 0 Å². The van der Waals surface area contributed by atoms with Crippen molar-refractivity contribution < 1.29 is 4.74 Å². The SMILES string of the molecule is CCCOc1ccc(/C=C(/C#N)c2nc3ccccc3s2)cc1Br. The highest BCUT2D eigenvalue weighted by atomic mass is 79.9. The molecule has 0 atom stereocenters. The van der Waals surface area contributed by atoms with Gasteiger partial charge in [0.05, 0.1) is 26.9 Å². The van der Waals surface area contributed by atoms with Crippen molar-refractivity contribution in [1.29, 1.82) is 5.26 Å². The Morgan fingerprint density at radius 2 is 2.17 bits per heavy atom. The molecule has 0 saturated heterocycles. The molecule has 0 aliphatic heterocycles. The van der Waals surface area contributed by atoms with Gasteiger partial charge >= 0.3 is 0 Å². The molecule has 3 nitrogen and oxygen atoms in total. The van der Waals surface area contributed by atoms with Crippen molar-refractivity contribution in [2.45, 2.75) is 13.3 Å². The standard InChI is InChI=1S/C19H15BrN2OS/c1-2-9-23-17-8-7-13(11-15(17)20)10-14(12-21)19-22-16-5-3-4-6-18(16)24-19/h3-8,10-11H,2,9H2,1H3/b14-10-. The second-order valence-electron chi connectivity index (χ2n) is 5.19. The molecule has 0 N–H and O–H groups in total. The van der Waals surface area contributed by atoms with Crippen molar-refractivity contribution in [3.8, 4) is 11.8 Å². The maximum atomic E-state index is 9.52. The van der Waals surface area contributed by atoms with Crippen LogP contribution in [0.4, 0.5) is 0 Å². The zero-order valence-corrected chi connectivity index (χ0v) is 15.5. The number of nitrogens with zero attached hydrogens (tertiary/aromatic N) is 2. The van der Waals surface area contributed by atoms with E-state index in [0.717, 1.165) is 37.4 Å². The summed E-state index contributed by atoms with van der Waals surface area (Å²) in [6.45, 7) is 2.76. The third-order valence-corrected chi connectivity index (χ3v) is 5.06. The lowest BCUT2D eigenvalue weighted by Crippen LogP contribution is -1.95. The van der Waals surface area contributed by atoms with Crippen LogP contribution in [0.2, 0.25) is 0 Å². The highest BCUT2D eigenvalue weighted by molar-refractivity contribution is 9.10. The van der Waals surface area contributed by atoms with Crippen molar-refractivity contribution in [1.82, 2.24) is 4.98 Å². The average Bonchev–Trinajstić information content (AvgIpc) is 3.02. The summed E-state index contributed by atoms with van der Waals surface area (Å²) in [4.78, 5) is 4.55. The fourth-order valence-corrected chi connectivity index (χ4v) is 3.67. The summed E-state index contributed by atoms with van der Waals surface area (Å²) >= 11 is 5.05. The van der Waals surface area contributed by atoms with Gasteiger partial charge in [0.2, 0.25) is 0 Å². The van der Waals surface area contributed by atoms with Crippen LogP contribution in [-0.4, -0.2) is 11.6 Å². The number of aromatic nitrogens is 1. The summed E-state index contributed by atoms with van der Waals surface area (Å²) in [7, 11) is 0. The number of allylic oxidation sites excluding steroid dienone is 1. The van der Waals surface area contributed by atoms with Crippen LogP contribution < -0.4 is 4.74 Å². The van der Waals surface area contributed by atoms with Crippen LogP contribution in [0.1, 0.15) is 23.9 Å². The first-order chi connectivity index (χ1) is 11.7. The van der Waals surface area contributed by atoms with Gasteiger partial charge in [0, 0.05) is 0 Å². The van der Waals surface area contributed by atoms with Crippen LogP contribution in [0.15, 0.2) is 46.9 Å². The van der Waals surface area contributed by atoms with Gasteiger partial charge in [0.1, 0.15) is 16.8 Å². The van der Waals surface area contributed by atoms with E-state index in [-0.39, 0.29) is 0 Å². The summed E-state index contributed by atoms with van der Waals surface area (Å²) in [5, 5.41) is 10.3. The molecule has 1 heterocycles. The number of rotatable bonds is 5. The van der Waals surface area contributed by atoms with Crippen molar-refractivity contribution in [2.24, 2.45) is 0 Å². The highest BCUT2D eigenvalue weighted by Crippen LogP contribution is 2.30. The Balaban J connectivity index is 1.93. The summed E-state index contributed by atoms with van der Waals surface area (Å²) < 4.78 is 7.62. The second kappa shape index (κ2) is 7.61. The number of thiazole rings is 1. The fourth-order valence-electron chi connectivity index (χ4n) is 2.23. The van der Waals surface area contributed by atoms with Gasteiger partial charge in [-0.15, -0.1) is 11.3 Å². The van der Waals surface area contributed by atoms with E-state index >= 15 is 0 Å². The molecule has 3 aromatic rings. The van der Waals surface area contributed by atoms with E-state index in [0.29, 0.717) is 12.2 Å². The monoisotopic (exact) mass is 398 g/mol. The van der Waals surface area contributed by atoms with E-state index < -0.39 is 0 Å². The van der Waals surface area contributed by atoms with Crippen molar-refractivity contribution in [3.63, 3.8) is 0 Å².